The second-order valence-electron chi connectivity index (χ2n) is 2.64. The molecule has 14 heavy (non-hydrogen) atoms. The third-order valence-corrected chi connectivity index (χ3v) is 2.10. The molecule has 3 N–H and O–H groups in total. The van der Waals surface area contributed by atoms with E-state index in [-0.39, 0.29) is 12.5 Å². The molecule has 0 aliphatic rings. The van der Waals surface area contributed by atoms with Crippen molar-refractivity contribution in [2.45, 2.75) is 0 Å². The first-order valence-corrected chi connectivity index (χ1v) is 4.81. The van der Waals surface area contributed by atoms with Crippen LogP contribution in [0.1, 0.15) is 0 Å². The number of halogens is 1. The number of benzene rings is 1. The van der Waals surface area contributed by atoms with Crippen molar-refractivity contribution in [2.24, 2.45) is 0 Å². The van der Waals surface area contributed by atoms with Gasteiger partial charge in [-0.1, -0.05) is 15.9 Å². The van der Waals surface area contributed by atoms with Gasteiger partial charge >= 0.3 is 0 Å². The molecule has 0 unspecified atom stereocenters. The van der Waals surface area contributed by atoms with Crippen LogP contribution < -0.4 is 15.8 Å². The zero-order chi connectivity index (χ0) is 10.6. The maximum absolute atomic E-state index is 10.9. The van der Waals surface area contributed by atoms with E-state index in [0.29, 0.717) is 11.4 Å². The first-order chi connectivity index (χ1) is 6.63. The fourth-order valence-electron chi connectivity index (χ4n) is 0.866. The third kappa shape index (κ3) is 2.92. The molecule has 0 aliphatic heterocycles. The van der Waals surface area contributed by atoms with Crippen molar-refractivity contribution in [2.75, 3.05) is 19.4 Å². The fraction of sp³-hybridized carbons (Fsp3) is 0.222. The van der Waals surface area contributed by atoms with Gasteiger partial charge in [-0.2, -0.15) is 0 Å². The smallest absolute Gasteiger partial charge is 0.257 e. The molecule has 1 rings (SSSR count). The number of carbonyl (C=O) groups is 1. The second-order valence-corrected chi connectivity index (χ2v) is 3.56. The minimum atomic E-state index is -0.188. The maximum atomic E-state index is 10.9. The van der Waals surface area contributed by atoms with E-state index in [1.54, 1.807) is 25.2 Å². The Bertz CT molecular complexity index is 342. The monoisotopic (exact) mass is 258 g/mol. The van der Waals surface area contributed by atoms with Crippen LogP contribution in [0.4, 0.5) is 5.69 Å². The van der Waals surface area contributed by atoms with E-state index in [1.165, 1.54) is 0 Å². The average molecular weight is 259 g/mol. The first kappa shape index (κ1) is 10.8. The lowest BCUT2D eigenvalue weighted by atomic mass is 10.3. The van der Waals surface area contributed by atoms with Crippen LogP contribution in [0.3, 0.4) is 0 Å². The van der Waals surface area contributed by atoms with Crippen LogP contribution in [-0.4, -0.2) is 19.6 Å². The average Bonchev–Trinajstić information content (AvgIpc) is 2.16. The number of nitrogens with one attached hydrogen (secondary N) is 1. The van der Waals surface area contributed by atoms with Crippen molar-refractivity contribution in [1.29, 1.82) is 0 Å². The van der Waals surface area contributed by atoms with Crippen LogP contribution in [0.5, 0.6) is 5.75 Å². The van der Waals surface area contributed by atoms with Crippen molar-refractivity contribution < 1.29 is 9.53 Å². The largest absolute Gasteiger partial charge is 0.482 e. The van der Waals surface area contributed by atoms with E-state index in [4.69, 9.17) is 10.5 Å². The van der Waals surface area contributed by atoms with Crippen molar-refractivity contribution in [3.8, 4) is 5.75 Å². The Kier molecular flexibility index (Phi) is 3.76. The highest BCUT2D eigenvalue weighted by Crippen LogP contribution is 2.24. The molecule has 0 saturated carbocycles. The number of amides is 1. The Balaban J connectivity index is 2.63. The third-order valence-electron chi connectivity index (χ3n) is 1.61. The van der Waals surface area contributed by atoms with Gasteiger partial charge in [-0.3, -0.25) is 4.79 Å². The SMILES string of the molecule is CNC(=O)COc1ccc(Br)cc1N. The summed E-state index contributed by atoms with van der Waals surface area (Å²) < 4.78 is 6.06. The number of likely N-dealkylation sites (N-methyl/N-ethyl adjacent to an activating group) is 1. The molecule has 0 atom stereocenters. The quantitative estimate of drug-likeness (QED) is 0.800. The second kappa shape index (κ2) is 4.85. The van der Waals surface area contributed by atoms with Crippen LogP contribution in [0.15, 0.2) is 22.7 Å². The van der Waals surface area contributed by atoms with Gasteiger partial charge in [0.15, 0.2) is 6.61 Å². The van der Waals surface area contributed by atoms with Crippen LogP contribution in [0, 0.1) is 0 Å². The maximum Gasteiger partial charge on any atom is 0.257 e. The molecule has 5 heteroatoms. The predicted molar refractivity (Wildman–Crippen MR) is 58.1 cm³/mol. The molecule has 1 amide bonds. The van der Waals surface area contributed by atoms with Crippen LogP contribution in [-0.2, 0) is 4.79 Å². The van der Waals surface area contributed by atoms with Crippen LogP contribution in [0.25, 0.3) is 0 Å². The highest BCUT2D eigenvalue weighted by molar-refractivity contribution is 9.10. The lowest BCUT2D eigenvalue weighted by Crippen LogP contribution is -2.25. The van der Waals surface area contributed by atoms with Crippen molar-refractivity contribution in [3.05, 3.63) is 22.7 Å². The summed E-state index contributed by atoms with van der Waals surface area (Å²) in [6.07, 6.45) is 0. The summed E-state index contributed by atoms with van der Waals surface area (Å²) in [6, 6.07) is 5.23. The number of hydrogen-bond acceptors (Lipinski definition) is 3. The summed E-state index contributed by atoms with van der Waals surface area (Å²) in [5.41, 5.74) is 6.17. The molecule has 0 spiro atoms. The van der Waals surface area contributed by atoms with Crippen molar-refractivity contribution in [3.63, 3.8) is 0 Å². The first-order valence-electron chi connectivity index (χ1n) is 4.02. The molecule has 1 aromatic rings. The molecular formula is C9H11BrN2O2. The summed E-state index contributed by atoms with van der Waals surface area (Å²) in [4.78, 5) is 10.9. The molecule has 1 aromatic carbocycles. The fourth-order valence-corrected chi connectivity index (χ4v) is 1.25. The highest BCUT2D eigenvalue weighted by Gasteiger charge is 2.03. The predicted octanol–water partition coefficient (Wildman–Crippen LogP) is 1.16. The molecule has 0 bridgehead atoms. The van der Waals surface area contributed by atoms with Gasteiger partial charge in [0.05, 0.1) is 5.69 Å². The Hall–Kier alpha value is -1.23. The topological polar surface area (TPSA) is 64.3 Å². The number of nitrogen functional groups attached to an aromatic ring is 1. The molecule has 0 aliphatic carbocycles. The molecule has 0 fully saturated rings. The van der Waals surface area contributed by atoms with Gasteiger partial charge in [0, 0.05) is 11.5 Å². The van der Waals surface area contributed by atoms with Crippen LogP contribution in [0.2, 0.25) is 0 Å². The Morgan fingerprint density at radius 3 is 2.93 bits per heavy atom. The standard InChI is InChI=1S/C9H11BrN2O2/c1-12-9(13)5-14-8-3-2-6(10)4-7(8)11/h2-4H,5,11H2,1H3,(H,12,13). The van der Waals surface area contributed by atoms with Gasteiger partial charge < -0.3 is 15.8 Å². The number of anilines is 1. The molecule has 76 valence electrons. The van der Waals surface area contributed by atoms with E-state index in [1.807, 2.05) is 0 Å². The lowest BCUT2D eigenvalue weighted by molar-refractivity contribution is -0.122. The van der Waals surface area contributed by atoms with E-state index in [9.17, 15) is 4.79 Å². The van der Waals surface area contributed by atoms with Crippen molar-refractivity contribution in [1.82, 2.24) is 5.32 Å². The summed E-state index contributed by atoms with van der Waals surface area (Å²) >= 11 is 3.28. The van der Waals surface area contributed by atoms with Crippen molar-refractivity contribution >= 4 is 27.5 Å². The normalized spacial score (nSPS) is 9.57. The molecule has 0 heterocycles. The zero-order valence-corrected chi connectivity index (χ0v) is 9.30. The Morgan fingerprint density at radius 2 is 2.36 bits per heavy atom. The van der Waals surface area contributed by atoms with E-state index in [0.717, 1.165) is 4.47 Å². The minimum absolute atomic E-state index is 0.0255. The number of carbonyl (C=O) groups excluding carboxylic acids is 1. The minimum Gasteiger partial charge on any atom is -0.482 e. The molecule has 0 aromatic heterocycles. The van der Waals surface area contributed by atoms with Crippen LogP contribution >= 0.6 is 15.9 Å². The van der Waals surface area contributed by atoms with Gasteiger partial charge in [0.25, 0.3) is 5.91 Å². The van der Waals surface area contributed by atoms with Gasteiger partial charge in [-0.05, 0) is 18.2 Å². The van der Waals surface area contributed by atoms with Gasteiger partial charge in [0.2, 0.25) is 0 Å². The zero-order valence-electron chi connectivity index (χ0n) is 7.71. The Morgan fingerprint density at radius 1 is 1.64 bits per heavy atom. The van der Waals surface area contributed by atoms with Gasteiger partial charge in [0.1, 0.15) is 5.75 Å². The summed E-state index contributed by atoms with van der Waals surface area (Å²) in [5.74, 6) is 0.323. The lowest BCUT2D eigenvalue weighted by Gasteiger charge is -2.07. The molecule has 0 saturated heterocycles. The molecular weight excluding hydrogens is 248 g/mol. The molecule has 0 radical (unpaired) electrons. The number of hydrogen-bond donors (Lipinski definition) is 2. The summed E-state index contributed by atoms with van der Waals surface area (Å²) in [7, 11) is 1.55. The molecule has 4 nitrogen and oxygen atoms in total. The van der Waals surface area contributed by atoms with E-state index in [2.05, 4.69) is 21.2 Å². The van der Waals surface area contributed by atoms with Gasteiger partial charge in [-0.15, -0.1) is 0 Å². The van der Waals surface area contributed by atoms with E-state index >= 15 is 0 Å². The van der Waals surface area contributed by atoms with E-state index < -0.39 is 0 Å². The number of ether oxygens (including phenoxy) is 1. The van der Waals surface area contributed by atoms with Gasteiger partial charge in [-0.25, -0.2) is 0 Å². The highest BCUT2D eigenvalue weighted by atomic mass is 79.9. The summed E-state index contributed by atoms with van der Waals surface area (Å²) in [5, 5.41) is 2.45. The number of nitrogens with two attached hydrogens (primary N) is 1. The summed E-state index contributed by atoms with van der Waals surface area (Å²) in [6.45, 7) is -0.0255. The number of rotatable bonds is 3. The Labute approximate surface area is 90.6 Å².